The number of rotatable bonds is 3. The van der Waals surface area contributed by atoms with Crippen LogP contribution in [0.5, 0.6) is 0 Å². The molecule has 0 atom stereocenters. The molecule has 0 bridgehead atoms. The van der Waals surface area contributed by atoms with Crippen LogP contribution in [0.2, 0.25) is 0 Å². The van der Waals surface area contributed by atoms with E-state index in [0.717, 1.165) is 17.4 Å². The minimum absolute atomic E-state index is 0.205. The number of nitro groups is 2. The summed E-state index contributed by atoms with van der Waals surface area (Å²) in [5.41, 5.74) is -0.205. The SMILES string of the molecule is O=[N+]([O-])c1cc([N+](=O)[O-])c(N2CCOCC2)s1. The summed E-state index contributed by atoms with van der Waals surface area (Å²) < 4.78 is 5.14. The first-order valence-electron chi connectivity index (χ1n) is 4.85. The van der Waals surface area contributed by atoms with E-state index in [1.54, 1.807) is 4.90 Å². The lowest BCUT2D eigenvalue weighted by molar-refractivity contribution is -0.389. The third kappa shape index (κ3) is 2.34. The van der Waals surface area contributed by atoms with Crippen LogP contribution in [-0.4, -0.2) is 36.1 Å². The third-order valence-electron chi connectivity index (χ3n) is 2.36. The second-order valence-corrected chi connectivity index (χ2v) is 4.40. The standard InChI is InChI=1S/C8H9N3O5S/c12-10(13)6-5-7(11(14)15)17-8(6)9-1-3-16-4-2-9/h5H,1-4H2. The Morgan fingerprint density at radius 2 is 1.88 bits per heavy atom. The van der Waals surface area contributed by atoms with E-state index in [1.807, 2.05) is 0 Å². The lowest BCUT2D eigenvalue weighted by Gasteiger charge is -2.26. The Balaban J connectivity index is 2.36. The molecule has 1 aromatic heterocycles. The van der Waals surface area contributed by atoms with Crippen molar-refractivity contribution >= 4 is 27.0 Å². The van der Waals surface area contributed by atoms with Gasteiger partial charge in [0, 0.05) is 13.1 Å². The van der Waals surface area contributed by atoms with Gasteiger partial charge in [-0.15, -0.1) is 0 Å². The van der Waals surface area contributed by atoms with Crippen LogP contribution in [0.1, 0.15) is 0 Å². The van der Waals surface area contributed by atoms with Crippen LogP contribution >= 0.6 is 11.3 Å². The first-order valence-corrected chi connectivity index (χ1v) is 5.66. The van der Waals surface area contributed by atoms with Crippen molar-refractivity contribution in [2.45, 2.75) is 0 Å². The quantitative estimate of drug-likeness (QED) is 0.601. The molecule has 0 aromatic carbocycles. The van der Waals surface area contributed by atoms with E-state index in [4.69, 9.17) is 4.74 Å². The van der Waals surface area contributed by atoms with E-state index in [0.29, 0.717) is 31.3 Å². The number of nitrogens with zero attached hydrogens (tertiary/aromatic N) is 3. The van der Waals surface area contributed by atoms with Crippen molar-refractivity contribution in [1.29, 1.82) is 0 Å². The molecule has 1 aliphatic rings. The number of anilines is 1. The fourth-order valence-corrected chi connectivity index (χ4v) is 2.57. The maximum atomic E-state index is 10.8. The van der Waals surface area contributed by atoms with E-state index in [2.05, 4.69) is 0 Å². The number of morpholine rings is 1. The Morgan fingerprint density at radius 3 is 2.41 bits per heavy atom. The van der Waals surface area contributed by atoms with Crippen LogP contribution in [0, 0.1) is 20.2 Å². The highest BCUT2D eigenvalue weighted by Crippen LogP contribution is 2.41. The monoisotopic (exact) mass is 259 g/mol. The Kier molecular flexibility index (Phi) is 3.20. The van der Waals surface area contributed by atoms with Crippen LogP contribution < -0.4 is 4.90 Å². The molecule has 1 aliphatic heterocycles. The molecule has 0 saturated carbocycles. The highest BCUT2D eigenvalue weighted by Gasteiger charge is 2.29. The van der Waals surface area contributed by atoms with Crippen molar-refractivity contribution in [1.82, 2.24) is 0 Å². The summed E-state index contributed by atoms with van der Waals surface area (Å²) in [6, 6.07) is 1.01. The highest BCUT2D eigenvalue weighted by molar-refractivity contribution is 7.19. The zero-order valence-electron chi connectivity index (χ0n) is 8.70. The summed E-state index contributed by atoms with van der Waals surface area (Å²) in [4.78, 5) is 22.0. The molecular formula is C8H9N3O5S. The van der Waals surface area contributed by atoms with Crippen molar-refractivity contribution < 1.29 is 14.6 Å². The van der Waals surface area contributed by atoms with Crippen molar-refractivity contribution in [2.24, 2.45) is 0 Å². The number of hydrogen-bond donors (Lipinski definition) is 0. The average molecular weight is 259 g/mol. The first kappa shape index (κ1) is 11.7. The van der Waals surface area contributed by atoms with Crippen LogP contribution in [0.3, 0.4) is 0 Å². The summed E-state index contributed by atoms with van der Waals surface area (Å²) in [6.07, 6.45) is 0. The Morgan fingerprint density at radius 1 is 1.24 bits per heavy atom. The van der Waals surface area contributed by atoms with Gasteiger partial charge in [-0.25, -0.2) is 0 Å². The molecule has 0 amide bonds. The van der Waals surface area contributed by atoms with Gasteiger partial charge in [0.1, 0.15) is 6.07 Å². The van der Waals surface area contributed by atoms with Gasteiger partial charge >= 0.3 is 10.7 Å². The maximum absolute atomic E-state index is 10.8. The van der Waals surface area contributed by atoms with Crippen LogP contribution in [0.25, 0.3) is 0 Å². The lowest BCUT2D eigenvalue weighted by Crippen LogP contribution is -2.35. The molecule has 92 valence electrons. The van der Waals surface area contributed by atoms with Crippen molar-refractivity contribution in [3.05, 3.63) is 26.3 Å². The minimum Gasteiger partial charge on any atom is -0.378 e. The van der Waals surface area contributed by atoms with Gasteiger partial charge in [-0.3, -0.25) is 20.2 Å². The maximum Gasteiger partial charge on any atom is 0.333 e. The van der Waals surface area contributed by atoms with E-state index >= 15 is 0 Å². The Bertz CT molecular complexity index is 454. The van der Waals surface area contributed by atoms with E-state index in [-0.39, 0.29) is 10.7 Å². The largest absolute Gasteiger partial charge is 0.378 e. The van der Waals surface area contributed by atoms with Crippen molar-refractivity contribution in [3.63, 3.8) is 0 Å². The van der Waals surface area contributed by atoms with Crippen LogP contribution in [0.4, 0.5) is 15.7 Å². The molecule has 8 nitrogen and oxygen atoms in total. The summed E-state index contributed by atoms with van der Waals surface area (Å²) >= 11 is 0.832. The number of ether oxygens (including phenoxy) is 1. The Hall–Kier alpha value is -1.74. The molecule has 0 radical (unpaired) electrons. The van der Waals surface area contributed by atoms with Gasteiger partial charge in [-0.05, 0) is 11.3 Å². The molecule has 1 saturated heterocycles. The second kappa shape index (κ2) is 4.63. The third-order valence-corrected chi connectivity index (χ3v) is 3.49. The molecule has 2 rings (SSSR count). The van der Waals surface area contributed by atoms with Gasteiger partial charge < -0.3 is 9.64 Å². The molecular weight excluding hydrogens is 250 g/mol. The summed E-state index contributed by atoms with van der Waals surface area (Å²) in [5.74, 6) is 0. The first-order chi connectivity index (χ1) is 8.09. The molecule has 0 aliphatic carbocycles. The smallest absolute Gasteiger partial charge is 0.333 e. The fourth-order valence-electron chi connectivity index (χ4n) is 1.57. The van der Waals surface area contributed by atoms with Gasteiger partial charge in [-0.2, -0.15) is 0 Å². The van der Waals surface area contributed by atoms with Gasteiger partial charge in [0.25, 0.3) is 0 Å². The van der Waals surface area contributed by atoms with Crippen LogP contribution in [0.15, 0.2) is 6.07 Å². The predicted molar refractivity (Wildman–Crippen MR) is 60.7 cm³/mol. The number of thiophene rings is 1. The number of hydrogen-bond acceptors (Lipinski definition) is 7. The average Bonchev–Trinajstić information content (AvgIpc) is 2.75. The normalized spacial score (nSPS) is 15.9. The van der Waals surface area contributed by atoms with Crippen molar-refractivity contribution in [2.75, 3.05) is 31.2 Å². The molecule has 0 unspecified atom stereocenters. The van der Waals surface area contributed by atoms with Crippen LogP contribution in [-0.2, 0) is 4.74 Å². The zero-order valence-corrected chi connectivity index (χ0v) is 9.51. The van der Waals surface area contributed by atoms with Gasteiger partial charge in [0.15, 0.2) is 5.00 Å². The second-order valence-electron chi connectivity index (χ2n) is 3.39. The highest BCUT2D eigenvalue weighted by atomic mass is 32.1. The van der Waals surface area contributed by atoms with Crippen molar-refractivity contribution in [3.8, 4) is 0 Å². The molecule has 0 N–H and O–H groups in total. The molecule has 0 spiro atoms. The van der Waals surface area contributed by atoms with Gasteiger partial charge in [0.2, 0.25) is 0 Å². The molecule has 1 aromatic rings. The van der Waals surface area contributed by atoms with E-state index in [9.17, 15) is 20.2 Å². The van der Waals surface area contributed by atoms with E-state index < -0.39 is 9.85 Å². The molecule has 1 fully saturated rings. The minimum atomic E-state index is -0.610. The fraction of sp³-hybridized carbons (Fsp3) is 0.500. The van der Waals surface area contributed by atoms with E-state index in [1.165, 1.54) is 0 Å². The van der Waals surface area contributed by atoms with Gasteiger partial charge in [0.05, 0.1) is 23.1 Å². The summed E-state index contributed by atoms with van der Waals surface area (Å²) in [5, 5.41) is 21.6. The summed E-state index contributed by atoms with van der Waals surface area (Å²) in [7, 11) is 0. The zero-order chi connectivity index (χ0) is 12.4. The Labute approximate surface area is 99.7 Å². The molecule has 9 heteroatoms. The summed E-state index contributed by atoms with van der Waals surface area (Å²) in [6.45, 7) is 1.97. The lowest BCUT2D eigenvalue weighted by atomic mass is 10.4. The molecule has 2 heterocycles. The predicted octanol–water partition coefficient (Wildman–Crippen LogP) is 1.40. The molecule has 17 heavy (non-hydrogen) atoms. The topological polar surface area (TPSA) is 98.8 Å². The van der Waals surface area contributed by atoms with Gasteiger partial charge in [-0.1, -0.05) is 0 Å².